The molecule has 0 saturated carbocycles. The van der Waals surface area contributed by atoms with E-state index in [9.17, 15) is 9.59 Å². The van der Waals surface area contributed by atoms with Crippen LogP contribution in [0.5, 0.6) is 0 Å². The molecule has 3 heterocycles. The number of esters is 1. The van der Waals surface area contributed by atoms with E-state index in [1.165, 1.54) is 11.3 Å². The van der Waals surface area contributed by atoms with Gasteiger partial charge in [-0.05, 0) is 70.0 Å². The molecule has 4 rings (SSSR count). The highest BCUT2D eigenvalue weighted by molar-refractivity contribution is 7.07. The summed E-state index contributed by atoms with van der Waals surface area (Å²) in [6, 6.07) is 8.58. The monoisotopic (exact) mass is 483 g/mol. The number of ether oxygens (including phenoxy) is 1. The summed E-state index contributed by atoms with van der Waals surface area (Å²) < 4.78 is 9.76. The van der Waals surface area contributed by atoms with Crippen molar-refractivity contribution in [3.63, 3.8) is 0 Å². The van der Waals surface area contributed by atoms with Crippen molar-refractivity contribution in [3.05, 3.63) is 88.8 Å². The Morgan fingerprint density at radius 2 is 1.88 bits per heavy atom. The van der Waals surface area contributed by atoms with E-state index in [-0.39, 0.29) is 11.7 Å². The Hall–Kier alpha value is -2.90. The van der Waals surface area contributed by atoms with Crippen molar-refractivity contribution in [3.8, 4) is 0 Å². The molecular formula is C25H26ClN3O3S. The topological polar surface area (TPSA) is 65.6 Å². The van der Waals surface area contributed by atoms with Crippen LogP contribution in [-0.2, 0) is 16.6 Å². The predicted octanol–water partition coefficient (Wildman–Crippen LogP) is 3.80. The highest BCUT2D eigenvalue weighted by Gasteiger charge is 2.33. The zero-order valence-electron chi connectivity index (χ0n) is 19.5. The minimum atomic E-state index is -0.648. The molecule has 0 spiro atoms. The molecule has 2 aromatic heterocycles. The summed E-state index contributed by atoms with van der Waals surface area (Å²) in [7, 11) is 2.00. The second-order valence-electron chi connectivity index (χ2n) is 8.47. The van der Waals surface area contributed by atoms with Crippen LogP contribution in [0.2, 0.25) is 5.02 Å². The van der Waals surface area contributed by atoms with Crippen LogP contribution >= 0.6 is 22.9 Å². The molecule has 0 fully saturated rings. The molecule has 0 N–H and O–H groups in total. The number of hydrogen-bond donors (Lipinski definition) is 0. The Bertz CT molecular complexity index is 1460. The van der Waals surface area contributed by atoms with E-state index in [4.69, 9.17) is 16.3 Å². The van der Waals surface area contributed by atoms with E-state index < -0.39 is 12.0 Å². The van der Waals surface area contributed by atoms with Gasteiger partial charge in [-0.2, -0.15) is 0 Å². The first-order chi connectivity index (χ1) is 15.6. The number of fused-ring (bicyclic) bond motifs is 1. The number of carbonyl (C=O) groups excluding carboxylic acids is 1. The molecule has 0 bridgehead atoms. The minimum absolute atomic E-state index is 0.193. The molecule has 1 aliphatic heterocycles. The summed E-state index contributed by atoms with van der Waals surface area (Å²) in [4.78, 5) is 31.9. The SMILES string of the molecule is CC1=C(C(=O)OC(C)C)[C@H](c2ccc(Cl)cc2)n2c(s/c(=C/c3cc(C)n(C)c3C)c2=O)=N1. The molecule has 6 nitrogen and oxygen atoms in total. The van der Waals surface area contributed by atoms with Crippen molar-refractivity contribution in [1.29, 1.82) is 0 Å². The van der Waals surface area contributed by atoms with Crippen molar-refractivity contribution in [2.75, 3.05) is 0 Å². The molecule has 1 aromatic carbocycles. The molecule has 0 unspecified atom stereocenters. The van der Waals surface area contributed by atoms with Crippen LogP contribution < -0.4 is 14.9 Å². The van der Waals surface area contributed by atoms with Crippen molar-refractivity contribution in [1.82, 2.24) is 9.13 Å². The molecule has 0 saturated heterocycles. The van der Waals surface area contributed by atoms with Crippen LogP contribution in [0.1, 0.15) is 49.3 Å². The summed E-state index contributed by atoms with van der Waals surface area (Å²) in [6.45, 7) is 9.43. The van der Waals surface area contributed by atoms with E-state index in [1.807, 2.05) is 39.1 Å². The van der Waals surface area contributed by atoms with Crippen LogP contribution in [0, 0.1) is 13.8 Å². The molecule has 0 amide bonds. The smallest absolute Gasteiger partial charge is 0.338 e. The first-order valence-electron chi connectivity index (χ1n) is 10.7. The maximum Gasteiger partial charge on any atom is 0.338 e. The third-order valence-electron chi connectivity index (χ3n) is 5.87. The highest BCUT2D eigenvalue weighted by atomic mass is 35.5. The van der Waals surface area contributed by atoms with Crippen molar-refractivity contribution >= 4 is 35.0 Å². The van der Waals surface area contributed by atoms with Crippen molar-refractivity contribution < 1.29 is 9.53 Å². The molecule has 8 heteroatoms. The van der Waals surface area contributed by atoms with Crippen LogP contribution in [0.15, 0.2) is 51.4 Å². The third-order valence-corrected chi connectivity index (χ3v) is 7.11. The van der Waals surface area contributed by atoms with E-state index in [2.05, 4.69) is 15.6 Å². The van der Waals surface area contributed by atoms with Gasteiger partial charge in [0.2, 0.25) is 0 Å². The summed E-state index contributed by atoms with van der Waals surface area (Å²) in [5.74, 6) is -0.477. The molecular weight excluding hydrogens is 458 g/mol. The fourth-order valence-electron chi connectivity index (χ4n) is 3.99. The number of carbonyl (C=O) groups is 1. The van der Waals surface area contributed by atoms with Crippen LogP contribution in [0.25, 0.3) is 6.08 Å². The van der Waals surface area contributed by atoms with Gasteiger partial charge in [0.05, 0.1) is 27.9 Å². The molecule has 33 heavy (non-hydrogen) atoms. The number of aromatic nitrogens is 2. The maximum atomic E-state index is 13.6. The summed E-state index contributed by atoms with van der Waals surface area (Å²) in [5.41, 5.74) is 4.64. The Morgan fingerprint density at radius 1 is 1.21 bits per heavy atom. The number of benzene rings is 1. The lowest BCUT2D eigenvalue weighted by Gasteiger charge is -2.25. The van der Waals surface area contributed by atoms with Gasteiger partial charge < -0.3 is 9.30 Å². The van der Waals surface area contributed by atoms with E-state index in [0.717, 1.165) is 22.5 Å². The predicted molar refractivity (Wildman–Crippen MR) is 131 cm³/mol. The number of rotatable bonds is 4. The van der Waals surface area contributed by atoms with E-state index >= 15 is 0 Å². The number of halogens is 1. The van der Waals surface area contributed by atoms with Crippen LogP contribution in [-0.4, -0.2) is 21.2 Å². The molecule has 0 radical (unpaired) electrons. The van der Waals surface area contributed by atoms with Crippen molar-refractivity contribution in [2.45, 2.75) is 46.8 Å². The fourth-order valence-corrected chi connectivity index (χ4v) is 5.16. The van der Waals surface area contributed by atoms with E-state index in [0.29, 0.717) is 25.6 Å². The third kappa shape index (κ3) is 4.23. The standard InChI is InChI=1S/C25H26ClN3O3S/c1-13(2)32-24(31)21-15(4)27-25-29(22(21)17-7-9-19(26)10-8-17)23(30)20(33-25)12-18-11-14(3)28(6)16(18)5/h7-13,22H,1-6H3/b20-12+/t22-/m0/s1. The highest BCUT2D eigenvalue weighted by Crippen LogP contribution is 2.31. The van der Waals surface area contributed by atoms with Gasteiger partial charge >= 0.3 is 5.97 Å². The Morgan fingerprint density at radius 3 is 2.45 bits per heavy atom. The van der Waals surface area contributed by atoms with Gasteiger partial charge in [-0.3, -0.25) is 9.36 Å². The second kappa shape index (κ2) is 8.80. The lowest BCUT2D eigenvalue weighted by atomic mass is 9.96. The zero-order valence-corrected chi connectivity index (χ0v) is 21.0. The number of nitrogens with zero attached hydrogens (tertiary/aromatic N) is 3. The largest absolute Gasteiger partial charge is 0.459 e. The fraction of sp³-hybridized carbons (Fsp3) is 0.320. The van der Waals surface area contributed by atoms with Crippen LogP contribution in [0.3, 0.4) is 0 Å². The molecule has 1 aliphatic rings. The number of hydrogen-bond acceptors (Lipinski definition) is 5. The molecule has 1 atom stereocenters. The van der Waals surface area contributed by atoms with Gasteiger partial charge in [-0.1, -0.05) is 35.1 Å². The Kier molecular flexibility index (Phi) is 6.20. The summed E-state index contributed by atoms with van der Waals surface area (Å²) >= 11 is 7.43. The van der Waals surface area contributed by atoms with Gasteiger partial charge in [-0.25, -0.2) is 9.79 Å². The average Bonchev–Trinajstić information content (AvgIpc) is 3.17. The van der Waals surface area contributed by atoms with E-state index in [1.54, 1.807) is 37.5 Å². The first-order valence-corrected chi connectivity index (χ1v) is 11.9. The Labute approximate surface area is 201 Å². The number of thiazole rings is 1. The van der Waals surface area contributed by atoms with Gasteiger partial charge in [0.25, 0.3) is 5.56 Å². The van der Waals surface area contributed by atoms with Crippen LogP contribution in [0.4, 0.5) is 0 Å². The first kappa shape index (κ1) is 23.3. The second-order valence-corrected chi connectivity index (χ2v) is 9.92. The molecule has 3 aromatic rings. The van der Waals surface area contributed by atoms with Gasteiger partial charge in [0, 0.05) is 23.5 Å². The van der Waals surface area contributed by atoms with Gasteiger partial charge in [-0.15, -0.1) is 0 Å². The normalized spacial score (nSPS) is 16.2. The van der Waals surface area contributed by atoms with Crippen molar-refractivity contribution in [2.24, 2.45) is 12.0 Å². The molecule has 172 valence electrons. The van der Waals surface area contributed by atoms with Gasteiger partial charge in [0.15, 0.2) is 4.80 Å². The lowest BCUT2D eigenvalue weighted by molar-refractivity contribution is -0.143. The van der Waals surface area contributed by atoms with Gasteiger partial charge in [0.1, 0.15) is 0 Å². The molecule has 0 aliphatic carbocycles. The summed E-state index contributed by atoms with van der Waals surface area (Å²) in [5, 5.41) is 0.577. The Balaban J connectivity index is 1.96. The quantitative estimate of drug-likeness (QED) is 0.530. The zero-order chi connectivity index (χ0) is 24.0. The average molecular weight is 484 g/mol. The number of allylic oxidation sites excluding steroid dienone is 1. The lowest BCUT2D eigenvalue weighted by Crippen LogP contribution is -2.40. The number of aryl methyl sites for hydroxylation is 1. The minimum Gasteiger partial charge on any atom is -0.459 e. The summed E-state index contributed by atoms with van der Waals surface area (Å²) in [6.07, 6.45) is 1.61. The maximum absolute atomic E-state index is 13.6.